The molecule has 0 atom stereocenters. The molecule has 2 heterocycles. The molecule has 9 heteroatoms. The SMILES string of the molecule is NC(=O)CSc1nc(SCC(N)=O)c2c3c(sc2n1)CCCC3. The van der Waals surface area contributed by atoms with Gasteiger partial charge in [0.2, 0.25) is 11.8 Å². The average molecular weight is 369 g/mol. The number of carbonyl (C=O) groups excluding carboxylic acids is 2. The zero-order chi connectivity index (χ0) is 16.4. The summed E-state index contributed by atoms with van der Waals surface area (Å²) in [6.07, 6.45) is 4.45. The maximum Gasteiger partial charge on any atom is 0.227 e. The molecule has 0 saturated carbocycles. The number of primary amides is 2. The van der Waals surface area contributed by atoms with Crippen LogP contribution in [-0.2, 0) is 22.4 Å². The Hall–Kier alpha value is -1.32. The summed E-state index contributed by atoms with van der Waals surface area (Å²) in [6.45, 7) is 0. The lowest BCUT2D eigenvalue weighted by atomic mass is 9.97. The van der Waals surface area contributed by atoms with Gasteiger partial charge in [0.05, 0.1) is 11.5 Å². The summed E-state index contributed by atoms with van der Waals surface area (Å²) >= 11 is 4.24. The maximum absolute atomic E-state index is 11.1. The quantitative estimate of drug-likeness (QED) is 0.456. The lowest BCUT2D eigenvalue weighted by Gasteiger charge is -2.11. The van der Waals surface area contributed by atoms with E-state index in [4.69, 9.17) is 11.5 Å². The Kier molecular flexibility index (Phi) is 5.08. The van der Waals surface area contributed by atoms with Crippen molar-refractivity contribution in [1.29, 1.82) is 0 Å². The van der Waals surface area contributed by atoms with Gasteiger partial charge in [-0.05, 0) is 31.2 Å². The number of aryl methyl sites for hydroxylation is 2. The molecule has 2 aromatic rings. The molecular formula is C14H16N4O2S3. The van der Waals surface area contributed by atoms with Crippen molar-refractivity contribution >= 4 is 56.9 Å². The Bertz CT molecular complexity index is 775. The van der Waals surface area contributed by atoms with Gasteiger partial charge in [0.25, 0.3) is 0 Å². The van der Waals surface area contributed by atoms with Gasteiger partial charge in [-0.1, -0.05) is 23.5 Å². The van der Waals surface area contributed by atoms with Crippen LogP contribution in [0.5, 0.6) is 0 Å². The minimum Gasteiger partial charge on any atom is -0.369 e. The van der Waals surface area contributed by atoms with Gasteiger partial charge in [0.15, 0.2) is 5.16 Å². The van der Waals surface area contributed by atoms with Crippen molar-refractivity contribution in [2.24, 2.45) is 11.5 Å². The molecule has 1 aliphatic rings. The monoisotopic (exact) mass is 368 g/mol. The Morgan fingerprint density at radius 1 is 1.04 bits per heavy atom. The zero-order valence-corrected chi connectivity index (χ0v) is 14.8. The number of rotatable bonds is 6. The van der Waals surface area contributed by atoms with Crippen LogP contribution in [0.4, 0.5) is 0 Å². The number of nitrogens with two attached hydrogens (primary N) is 2. The highest BCUT2D eigenvalue weighted by molar-refractivity contribution is 8.00. The Balaban J connectivity index is 2.03. The third-order valence-electron chi connectivity index (χ3n) is 3.46. The van der Waals surface area contributed by atoms with Gasteiger partial charge in [-0.3, -0.25) is 9.59 Å². The second-order valence-corrected chi connectivity index (χ2v) is 8.20. The summed E-state index contributed by atoms with van der Waals surface area (Å²) in [5.41, 5.74) is 11.8. The first-order valence-corrected chi connectivity index (χ1v) is 9.98. The number of nitrogens with zero attached hydrogens (tertiary/aromatic N) is 2. The molecule has 0 bridgehead atoms. The molecule has 2 aromatic heterocycles. The number of carbonyl (C=O) groups is 2. The van der Waals surface area contributed by atoms with Crippen molar-refractivity contribution in [3.8, 4) is 0 Å². The zero-order valence-electron chi connectivity index (χ0n) is 12.3. The van der Waals surface area contributed by atoms with Crippen LogP contribution < -0.4 is 11.5 Å². The van der Waals surface area contributed by atoms with Gasteiger partial charge >= 0.3 is 0 Å². The van der Waals surface area contributed by atoms with Crippen LogP contribution in [0, 0.1) is 0 Å². The van der Waals surface area contributed by atoms with Gasteiger partial charge in [0.1, 0.15) is 9.86 Å². The molecule has 4 N–H and O–H groups in total. The molecule has 1 aliphatic carbocycles. The number of aromatic nitrogens is 2. The van der Waals surface area contributed by atoms with E-state index in [2.05, 4.69) is 9.97 Å². The number of thioether (sulfide) groups is 2. The average Bonchev–Trinajstić information content (AvgIpc) is 2.89. The molecule has 3 rings (SSSR count). The first-order chi connectivity index (χ1) is 11.0. The van der Waals surface area contributed by atoms with Crippen molar-refractivity contribution in [3.05, 3.63) is 10.4 Å². The largest absolute Gasteiger partial charge is 0.369 e. The summed E-state index contributed by atoms with van der Waals surface area (Å²) in [7, 11) is 0. The van der Waals surface area contributed by atoms with Crippen LogP contribution in [0.1, 0.15) is 23.3 Å². The van der Waals surface area contributed by atoms with Crippen LogP contribution in [0.3, 0.4) is 0 Å². The van der Waals surface area contributed by atoms with E-state index in [1.54, 1.807) is 11.3 Å². The van der Waals surface area contributed by atoms with E-state index in [1.165, 1.54) is 40.4 Å². The fourth-order valence-electron chi connectivity index (χ4n) is 2.55. The molecule has 0 aliphatic heterocycles. The molecule has 2 amide bonds. The van der Waals surface area contributed by atoms with Gasteiger partial charge in [0, 0.05) is 10.3 Å². The van der Waals surface area contributed by atoms with E-state index in [1.807, 2.05) is 0 Å². The van der Waals surface area contributed by atoms with Gasteiger partial charge in [-0.2, -0.15) is 0 Å². The van der Waals surface area contributed by atoms with Crippen LogP contribution in [-0.4, -0.2) is 33.3 Å². The second kappa shape index (κ2) is 7.06. The second-order valence-electron chi connectivity index (χ2n) is 5.21. The standard InChI is InChI=1S/C14H16N4O2S3/c15-9(19)5-21-12-11-7-3-1-2-4-8(7)23-13(11)18-14(17-12)22-6-10(16)20/h1-6H2,(H2,15,19)(H2,16,20). The number of thiophene rings is 1. The van der Waals surface area contributed by atoms with Gasteiger partial charge in [-0.15, -0.1) is 11.3 Å². The van der Waals surface area contributed by atoms with E-state index in [0.29, 0.717) is 5.16 Å². The van der Waals surface area contributed by atoms with Crippen LogP contribution in [0.2, 0.25) is 0 Å². The number of hydrogen-bond donors (Lipinski definition) is 2. The Morgan fingerprint density at radius 2 is 1.74 bits per heavy atom. The normalized spacial score (nSPS) is 13.9. The number of amides is 2. The first kappa shape index (κ1) is 16.5. The van der Waals surface area contributed by atoms with Crippen LogP contribution in [0.15, 0.2) is 10.2 Å². The Morgan fingerprint density at radius 3 is 2.48 bits per heavy atom. The van der Waals surface area contributed by atoms with Crippen LogP contribution >= 0.6 is 34.9 Å². The Labute approximate surface area is 145 Å². The minimum atomic E-state index is -0.407. The third kappa shape index (κ3) is 3.78. The first-order valence-electron chi connectivity index (χ1n) is 7.19. The molecule has 0 aromatic carbocycles. The lowest BCUT2D eigenvalue weighted by Crippen LogP contribution is -2.14. The van der Waals surface area contributed by atoms with Gasteiger partial charge in [-0.25, -0.2) is 9.97 Å². The van der Waals surface area contributed by atoms with Crippen molar-refractivity contribution < 1.29 is 9.59 Å². The molecule has 23 heavy (non-hydrogen) atoms. The summed E-state index contributed by atoms with van der Waals surface area (Å²) in [4.78, 5) is 33.5. The maximum atomic E-state index is 11.1. The molecule has 0 unspecified atom stereocenters. The predicted molar refractivity (Wildman–Crippen MR) is 93.9 cm³/mol. The van der Waals surface area contributed by atoms with E-state index in [0.717, 1.165) is 34.5 Å². The van der Waals surface area contributed by atoms with Gasteiger partial charge < -0.3 is 11.5 Å². The topological polar surface area (TPSA) is 112 Å². The fourth-order valence-corrected chi connectivity index (χ4v) is 5.37. The van der Waals surface area contributed by atoms with Crippen molar-refractivity contribution in [1.82, 2.24) is 9.97 Å². The summed E-state index contributed by atoms with van der Waals surface area (Å²) in [5, 5.41) is 2.35. The molecule has 0 saturated heterocycles. The molecule has 122 valence electrons. The molecule has 0 fully saturated rings. The van der Waals surface area contributed by atoms with E-state index in [9.17, 15) is 9.59 Å². The predicted octanol–water partition coefficient (Wildman–Crippen LogP) is 1.72. The summed E-state index contributed by atoms with van der Waals surface area (Å²) in [5.74, 6) is -0.472. The summed E-state index contributed by atoms with van der Waals surface area (Å²) < 4.78 is 0. The number of fused-ring (bicyclic) bond motifs is 3. The van der Waals surface area contributed by atoms with Crippen molar-refractivity contribution in [3.63, 3.8) is 0 Å². The van der Waals surface area contributed by atoms with Crippen molar-refractivity contribution in [2.75, 3.05) is 11.5 Å². The smallest absolute Gasteiger partial charge is 0.227 e. The number of hydrogen-bond acceptors (Lipinski definition) is 7. The fraction of sp³-hybridized carbons (Fsp3) is 0.429. The van der Waals surface area contributed by atoms with E-state index >= 15 is 0 Å². The lowest BCUT2D eigenvalue weighted by molar-refractivity contribution is -0.116. The van der Waals surface area contributed by atoms with E-state index in [-0.39, 0.29) is 17.4 Å². The van der Waals surface area contributed by atoms with Crippen LogP contribution in [0.25, 0.3) is 10.2 Å². The highest BCUT2D eigenvalue weighted by Crippen LogP contribution is 2.40. The highest BCUT2D eigenvalue weighted by Gasteiger charge is 2.21. The van der Waals surface area contributed by atoms with E-state index < -0.39 is 5.91 Å². The summed E-state index contributed by atoms with van der Waals surface area (Å²) in [6, 6.07) is 0. The minimum absolute atomic E-state index is 0.135. The molecule has 6 nitrogen and oxygen atoms in total. The van der Waals surface area contributed by atoms with Crippen molar-refractivity contribution in [2.45, 2.75) is 35.9 Å². The third-order valence-corrected chi connectivity index (χ3v) is 6.51. The molecular weight excluding hydrogens is 352 g/mol. The molecule has 0 radical (unpaired) electrons. The molecule has 0 spiro atoms. The highest BCUT2D eigenvalue weighted by atomic mass is 32.2.